The summed E-state index contributed by atoms with van der Waals surface area (Å²) in [5.74, 6) is -0.368. The topological polar surface area (TPSA) is 64.6 Å². The SMILES string of the molecule is COC(F)(F)c1nnc(OCC(=O)N(c2cccc(Cl)c2)C(C)C)s1. The number of benzene rings is 1. The number of anilines is 1. The van der Waals surface area contributed by atoms with Gasteiger partial charge in [-0.05, 0) is 32.0 Å². The smallest absolute Gasteiger partial charge is 0.411 e. The van der Waals surface area contributed by atoms with Crippen LogP contribution in [0.3, 0.4) is 0 Å². The molecule has 6 nitrogen and oxygen atoms in total. The van der Waals surface area contributed by atoms with Crippen LogP contribution < -0.4 is 9.64 Å². The fourth-order valence-corrected chi connectivity index (χ4v) is 2.86. The largest absolute Gasteiger partial charge is 0.459 e. The third-order valence-corrected chi connectivity index (χ3v) is 4.22. The monoisotopic (exact) mass is 391 g/mol. The van der Waals surface area contributed by atoms with Crippen LogP contribution in [-0.2, 0) is 15.6 Å². The average Bonchev–Trinajstić information content (AvgIpc) is 3.02. The highest BCUT2D eigenvalue weighted by molar-refractivity contribution is 7.13. The van der Waals surface area contributed by atoms with Gasteiger partial charge in [-0.2, -0.15) is 8.78 Å². The Kier molecular flexibility index (Phi) is 6.26. The van der Waals surface area contributed by atoms with Gasteiger partial charge in [-0.1, -0.05) is 34.1 Å². The van der Waals surface area contributed by atoms with E-state index in [1.165, 1.54) is 4.90 Å². The number of aromatic nitrogens is 2. The van der Waals surface area contributed by atoms with Gasteiger partial charge in [0, 0.05) is 23.9 Å². The molecule has 1 amide bonds. The van der Waals surface area contributed by atoms with E-state index in [4.69, 9.17) is 16.3 Å². The van der Waals surface area contributed by atoms with E-state index in [1.54, 1.807) is 24.3 Å². The molecule has 0 fully saturated rings. The maximum atomic E-state index is 13.3. The van der Waals surface area contributed by atoms with Gasteiger partial charge in [0.2, 0.25) is 5.01 Å². The Labute approximate surface area is 152 Å². The Balaban J connectivity index is 2.07. The van der Waals surface area contributed by atoms with Crippen molar-refractivity contribution in [1.29, 1.82) is 0 Å². The summed E-state index contributed by atoms with van der Waals surface area (Å²) in [7, 11) is 0.858. The Morgan fingerprint density at radius 1 is 1.40 bits per heavy atom. The second-order valence-electron chi connectivity index (χ2n) is 5.22. The second-order valence-corrected chi connectivity index (χ2v) is 6.60. The van der Waals surface area contributed by atoms with E-state index in [-0.39, 0.29) is 23.7 Å². The Hall–Kier alpha value is -1.84. The van der Waals surface area contributed by atoms with E-state index < -0.39 is 11.1 Å². The molecule has 0 saturated carbocycles. The van der Waals surface area contributed by atoms with Crippen molar-refractivity contribution in [3.8, 4) is 5.19 Å². The number of hydrogen-bond acceptors (Lipinski definition) is 6. The first kappa shape index (κ1) is 19.5. The van der Waals surface area contributed by atoms with Crippen LogP contribution in [-0.4, -0.2) is 35.9 Å². The summed E-state index contributed by atoms with van der Waals surface area (Å²) in [6.07, 6.45) is -3.55. The highest BCUT2D eigenvalue weighted by atomic mass is 35.5. The number of methoxy groups -OCH3 is 1. The van der Waals surface area contributed by atoms with Crippen LogP contribution in [0.4, 0.5) is 14.5 Å². The van der Waals surface area contributed by atoms with Gasteiger partial charge in [0.05, 0.1) is 0 Å². The summed E-state index contributed by atoms with van der Waals surface area (Å²) in [6, 6.07) is 6.67. The molecule has 0 aliphatic heterocycles. The van der Waals surface area contributed by atoms with Crippen LogP contribution in [0.15, 0.2) is 24.3 Å². The molecule has 1 aromatic carbocycles. The van der Waals surface area contributed by atoms with Crippen molar-refractivity contribution in [2.45, 2.75) is 26.0 Å². The number of amides is 1. The van der Waals surface area contributed by atoms with Crippen molar-refractivity contribution in [3.05, 3.63) is 34.3 Å². The third kappa shape index (κ3) is 4.83. The van der Waals surface area contributed by atoms with E-state index in [2.05, 4.69) is 14.9 Å². The number of rotatable bonds is 7. The number of hydrogen-bond donors (Lipinski definition) is 0. The van der Waals surface area contributed by atoms with E-state index in [0.717, 1.165) is 7.11 Å². The van der Waals surface area contributed by atoms with Crippen LogP contribution in [0.1, 0.15) is 18.9 Å². The number of alkyl halides is 2. The van der Waals surface area contributed by atoms with E-state index >= 15 is 0 Å². The maximum absolute atomic E-state index is 13.3. The molecule has 1 heterocycles. The predicted molar refractivity (Wildman–Crippen MR) is 90.4 cm³/mol. The normalized spacial score (nSPS) is 11.6. The zero-order valence-electron chi connectivity index (χ0n) is 13.7. The Morgan fingerprint density at radius 3 is 2.72 bits per heavy atom. The molecule has 2 rings (SSSR count). The fourth-order valence-electron chi connectivity index (χ4n) is 2.02. The molecular weight excluding hydrogens is 376 g/mol. The maximum Gasteiger partial charge on any atom is 0.411 e. The zero-order chi connectivity index (χ0) is 18.6. The summed E-state index contributed by atoms with van der Waals surface area (Å²) in [4.78, 5) is 14.0. The molecule has 2 aromatic rings. The van der Waals surface area contributed by atoms with Crippen molar-refractivity contribution < 1.29 is 23.0 Å². The number of halogens is 3. The summed E-state index contributed by atoms with van der Waals surface area (Å²) in [5.41, 5.74) is 0.611. The molecule has 10 heteroatoms. The lowest BCUT2D eigenvalue weighted by atomic mass is 10.2. The van der Waals surface area contributed by atoms with Crippen LogP contribution in [0.5, 0.6) is 5.19 Å². The molecule has 0 unspecified atom stereocenters. The van der Waals surface area contributed by atoms with Crippen LogP contribution in [0.2, 0.25) is 5.02 Å². The summed E-state index contributed by atoms with van der Waals surface area (Å²) < 4.78 is 35.9. The lowest BCUT2D eigenvalue weighted by molar-refractivity contribution is -0.231. The van der Waals surface area contributed by atoms with Crippen molar-refractivity contribution >= 4 is 34.5 Å². The van der Waals surface area contributed by atoms with Gasteiger partial charge in [-0.3, -0.25) is 4.79 Å². The molecule has 0 saturated heterocycles. The highest BCUT2D eigenvalue weighted by Gasteiger charge is 2.36. The van der Waals surface area contributed by atoms with Gasteiger partial charge in [-0.15, -0.1) is 5.10 Å². The number of carbonyl (C=O) groups excluding carboxylic acids is 1. The molecule has 1 aromatic heterocycles. The lowest BCUT2D eigenvalue weighted by Crippen LogP contribution is -2.40. The van der Waals surface area contributed by atoms with Crippen molar-refractivity contribution in [2.24, 2.45) is 0 Å². The van der Waals surface area contributed by atoms with Gasteiger partial charge in [0.15, 0.2) is 6.61 Å². The molecule has 0 N–H and O–H groups in total. The minimum Gasteiger partial charge on any atom is -0.459 e. The molecule has 25 heavy (non-hydrogen) atoms. The second kappa shape index (κ2) is 8.03. The summed E-state index contributed by atoms with van der Waals surface area (Å²) >= 11 is 6.48. The minimum absolute atomic E-state index is 0.144. The molecule has 0 aliphatic carbocycles. The fraction of sp³-hybridized carbons (Fsp3) is 0.400. The van der Waals surface area contributed by atoms with Crippen molar-refractivity contribution in [3.63, 3.8) is 0 Å². The van der Waals surface area contributed by atoms with Gasteiger partial charge < -0.3 is 14.4 Å². The van der Waals surface area contributed by atoms with Gasteiger partial charge in [-0.25, -0.2) is 0 Å². The first-order valence-electron chi connectivity index (χ1n) is 7.22. The molecule has 0 aliphatic rings. The zero-order valence-corrected chi connectivity index (χ0v) is 15.3. The molecule has 0 radical (unpaired) electrons. The summed E-state index contributed by atoms with van der Waals surface area (Å²) in [5, 5.41) is 6.50. The lowest BCUT2D eigenvalue weighted by Gasteiger charge is -2.26. The van der Waals surface area contributed by atoms with E-state index in [9.17, 15) is 13.6 Å². The highest BCUT2D eigenvalue weighted by Crippen LogP contribution is 2.33. The minimum atomic E-state index is -3.55. The van der Waals surface area contributed by atoms with E-state index in [0.29, 0.717) is 22.0 Å². The first-order valence-corrected chi connectivity index (χ1v) is 8.41. The van der Waals surface area contributed by atoms with E-state index in [1.807, 2.05) is 13.8 Å². The van der Waals surface area contributed by atoms with Crippen LogP contribution in [0, 0.1) is 0 Å². The first-order chi connectivity index (χ1) is 11.7. The van der Waals surface area contributed by atoms with Crippen molar-refractivity contribution in [2.75, 3.05) is 18.6 Å². The molecular formula is C15H16ClF2N3O3S. The molecule has 0 atom stereocenters. The third-order valence-electron chi connectivity index (χ3n) is 3.10. The van der Waals surface area contributed by atoms with Crippen LogP contribution >= 0.6 is 22.9 Å². The molecule has 0 spiro atoms. The average molecular weight is 392 g/mol. The van der Waals surface area contributed by atoms with Gasteiger partial charge in [0.25, 0.3) is 11.1 Å². The van der Waals surface area contributed by atoms with Crippen LogP contribution in [0.25, 0.3) is 0 Å². The van der Waals surface area contributed by atoms with Gasteiger partial charge in [0.1, 0.15) is 0 Å². The quantitative estimate of drug-likeness (QED) is 0.720. The van der Waals surface area contributed by atoms with Crippen molar-refractivity contribution in [1.82, 2.24) is 10.2 Å². The number of ether oxygens (including phenoxy) is 2. The molecule has 0 bridgehead atoms. The Bertz CT molecular complexity index is 742. The summed E-state index contributed by atoms with van der Waals surface area (Å²) in [6.45, 7) is 3.29. The Morgan fingerprint density at radius 2 is 2.12 bits per heavy atom. The van der Waals surface area contributed by atoms with Gasteiger partial charge >= 0.3 is 6.11 Å². The molecule has 136 valence electrons. The number of carbonyl (C=O) groups is 1. The standard InChI is InChI=1S/C15H16ClF2N3O3S/c1-9(2)21(11-6-4-5-10(16)7-11)12(22)8-24-14-20-19-13(25-14)15(17,18)23-3/h4-7,9H,8H2,1-3H3. The number of nitrogens with zero attached hydrogens (tertiary/aromatic N) is 3. The predicted octanol–water partition coefficient (Wildman–Crippen LogP) is 3.71.